The van der Waals surface area contributed by atoms with Gasteiger partial charge in [0.1, 0.15) is 28.5 Å². The summed E-state index contributed by atoms with van der Waals surface area (Å²) in [5, 5.41) is 35.2. The number of nitrogens with zero attached hydrogens (tertiary/aromatic N) is 9. The van der Waals surface area contributed by atoms with Gasteiger partial charge in [-0.2, -0.15) is 9.78 Å². The van der Waals surface area contributed by atoms with Crippen LogP contribution in [-0.2, 0) is 16.0 Å². The molecule has 224 valence electrons. The number of benzene rings is 1. The van der Waals surface area contributed by atoms with Gasteiger partial charge in [0.25, 0.3) is 0 Å². The van der Waals surface area contributed by atoms with E-state index in [1.54, 1.807) is 21.5 Å². The van der Waals surface area contributed by atoms with Gasteiger partial charge in [-0.05, 0) is 30.7 Å². The Labute approximate surface area is 253 Å². The minimum absolute atomic E-state index is 0.0219. The summed E-state index contributed by atoms with van der Waals surface area (Å²) in [5.74, 6) is -0.910. The number of anilines is 3. The lowest BCUT2D eigenvalue weighted by molar-refractivity contribution is -0.148. The topological polar surface area (TPSA) is 154 Å². The average molecular weight is 626 g/mol. The van der Waals surface area contributed by atoms with Crippen LogP contribution < -0.4 is 9.80 Å². The van der Waals surface area contributed by atoms with E-state index in [0.717, 1.165) is 5.69 Å². The smallest absolute Gasteiger partial charge is 0.322 e. The number of likely N-dealkylation sites (tertiary alicyclic amines) is 1. The maximum absolute atomic E-state index is 13.5. The number of aryl methyl sites for hydroxylation is 1. The normalized spacial score (nSPS) is 17.7. The monoisotopic (exact) mass is 625 g/mol. The molecule has 0 bridgehead atoms. The Balaban J connectivity index is 1.26. The van der Waals surface area contributed by atoms with Crippen molar-refractivity contribution in [2.45, 2.75) is 25.5 Å². The number of imidazole rings is 1. The fourth-order valence-electron chi connectivity index (χ4n) is 5.24. The van der Waals surface area contributed by atoms with E-state index in [1.807, 2.05) is 23.8 Å². The van der Waals surface area contributed by atoms with Crippen LogP contribution >= 0.6 is 22.7 Å². The third-order valence-electron chi connectivity index (χ3n) is 7.61. The quantitative estimate of drug-likeness (QED) is 0.296. The molecule has 5 heterocycles. The first-order chi connectivity index (χ1) is 20.7. The van der Waals surface area contributed by atoms with Crippen LogP contribution in [0.3, 0.4) is 0 Å². The summed E-state index contributed by atoms with van der Waals surface area (Å²) in [4.78, 5) is 42.2. The van der Waals surface area contributed by atoms with Gasteiger partial charge in [0, 0.05) is 45.3 Å². The van der Waals surface area contributed by atoms with Crippen molar-refractivity contribution in [2.24, 2.45) is 0 Å². The molecule has 6 rings (SSSR count). The number of carbonyl (C=O) groups is 2. The Kier molecular flexibility index (Phi) is 7.73. The van der Waals surface area contributed by atoms with Crippen molar-refractivity contribution in [1.82, 2.24) is 29.4 Å². The number of halogens is 1. The predicted molar refractivity (Wildman–Crippen MR) is 158 cm³/mol. The van der Waals surface area contributed by atoms with E-state index in [4.69, 9.17) is 15.1 Å². The molecule has 1 aromatic carbocycles. The number of aliphatic hydroxyl groups excluding tert-OH is 1. The third kappa shape index (κ3) is 5.40. The summed E-state index contributed by atoms with van der Waals surface area (Å²) >= 11 is 2.56. The summed E-state index contributed by atoms with van der Waals surface area (Å²) in [7, 11) is 1.82. The number of aromatic nitrogens is 4. The highest BCUT2D eigenvalue weighted by atomic mass is 32.1. The van der Waals surface area contributed by atoms with Gasteiger partial charge in [0.2, 0.25) is 16.0 Å². The number of amides is 1. The number of carbonyl (C=O) groups excluding carboxylic acids is 1. The Morgan fingerprint density at radius 3 is 2.56 bits per heavy atom. The van der Waals surface area contributed by atoms with Crippen molar-refractivity contribution < 1.29 is 24.2 Å². The van der Waals surface area contributed by atoms with Gasteiger partial charge < -0.3 is 24.9 Å². The number of aliphatic hydroxyl groups is 1. The molecule has 13 nitrogen and oxygen atoms in total. The number of β-amino-alcohol motifs (C(OH)–C–C–N with tert-alkyl or cyclic N) is 1. The zero-order chi connectivity index (χ0) is 30.4. The highest BCUT2D eigenvalue weighted by Crippen LogP contribution is 2.38. The summed E-state index contributed by atoms with van der Waals surface area (Å²) < 4.78 is 15.2. The molecule has 0 spiro atoms. The molecule has 2 N–H and O–H groups in total. The second kappa shape index (κ2) is 11.5. The number of thiazole rings is 1. The van der Waals surface area contributed by atoms with Crippen LogP contribution in [0.2, 0.25) is 0 Å². The zero-order valence-electron chi connectivity index (χ0n) is 23.3. The SMILES string of the molecule is CCc1nc2sc(N3CCN(CC(=O)N4CC(O)C4)[C@@H](C(=O)O)C3)nn2c1N(C)c1nc(-c2ccc(F)cc2)c(C#N)s1. The third-order valence-corrected chi connectivity index (χ3v) is 9.62. The first kappa shape index (κ1) is 28.9. The van der Waals surface area contributed by atoms with Gasteiger partial charge in [-0.25, -0.2) is 14.4 Å². The molecule has 16 heteroatoms. The van der Waals surface area contributed by atoms with Crippen LogP contribution in [0.15, 0.2) is 24.3 Å². The van der Waals surface area contributed by atoms with E-state index in [2.05, 4.69) is 6.07 Å². The predicted octanol–water partition coefficient (Wildman–Crippen LogP) is 2.03. The van der Waals surface area contributed by atoms with Gasteiger partial charge in [-0.15, -0.1) is 5.10 Å². The fourth-order valence-corrected chi connectivity index (χ4v) is 7.04. The van der Waals surface area contributed by atoms with Crippen LogP contribution in [0.4, 0.5) is 20.5 Å². The molecule has 0 aliphatic carbocycles. The number of hydrogen-bond donors (Lipinski definition) is 2. The minimum Gasteiger partial charge on any atom is -0.480 e. The first-order valence-corrected chi connectivity index (χ1v) is 15.3. The Hall–Kier alpha value is -4.17. The van der Waals surface area contributed by atoms with Gasteiger partial charge in [0.15, 0.2) is 10.9 Å². The maximum Gasteiger partial charge on any atom is 0.322 e. The van der Waals surface area contributed by atoms with Crippen molar-refractivity contribution >= 4 is 55.6 Å². The maximum atomic E-state index is 13.5. The van der Waals surface area contributed by atoms with Crippen LogP contribution in [-0.4, -0.2) is 110 Å². The average Bonchev–Trinajstić information content (AvgIpc) is 3.68. The summed E-state index contributed by atoms with van der Waals surface area (Å²) in [6, 6.07) is 7.12. The lowest BCUT2D eigenvalue weighted by Gasteiger charge is -2.41. The van der Waals surface area contributed by atoms with Crippen LogP contribution in [0.25, 0.3) is 16.2 Å². The molecule has 0 radical (unpaired) electrons. The van der Waals surface area contributed by atoms with Gasteiger partial charge in [0.05, 0.1) is 18.3 Å². The lowest BCUT2D eigenvalue weighted by Crippen LogP contribution is -2.61. The minimum atomic E-state index is -1.02. The number of aliphatic carboxylic acids is 1. The molecule has 0 saturated carbocycles. The summed E-state index contributed by atoms with van der Waals surface area (Å²) in [5.41, 5.74) is 1.89. The molecule has 0 unspecified atom stereocenters. The van der Waals surface area contributed by atoms with Crippen LogP contribution in [0, 0.1) is 17.1 Å². The number of piperazine rings is 1. The molecule has 2 aliphatic rings. The van der Waals surface area contributed by atoms with E-state index in [9.17, 15) is 29.5 Å². The molecule has 43 heavy (non-hydrogen) atoms. The molecule has 1 atom stereocenters. The highest BCUT2D eigenvalue weighted by molar-refractivity contribution is 7.20. The summed E-state index contributed by atoms with van der Waals surface area (Å²) in [6.45, 7) is 3.49. The Bertz CT molecular complexity index is 1720. The standard InChI is InChI=1S/C27H28FN9O4S2/c1-3-18-23(33(2)25-31-22(20(10-29)42-25)15-4-6-16(28)7-5-15)37-26(30-18)43-27(32-37)35-9-8-34(19(13-35)24(40)41)14-21(39)36-11-17(38)12-36/h4-7,17,19,38H,3,8-9,11-14H2,1-2H3,(H,40,41)/t19-/m1/s1. The molecular weight excluding hydrogens is 597 g/mol. The lowest BCUT2D eigenvalue weighted by atomic mass is 10.1. The van der Waals surface area contributed by atoms with E-state index in [-0.39, 0.29) is 37.9 Å². The summed E-state index contributed by atoms with van der Waals surface area (Å²) in [6.07, 6.45) is 0.103. The second-order valence-corrected chi connectivity index (χ2v) is 12.3. The number of fused-ring (bicyclic) bond motifs is 1. The van der Waals surface area contributed by atoms with Crippen molar-refractivity contribution in [2.75, 3.05) is 56.1 Å². The molecule has 2 fully saturated rings. The largest absolute Gasteiger partial charge is 0.480 e. The van der Waals surface area contributed by atoms with Crippen LogP contribution in [0.1, 0.15) is 17.5 Å². The molecule has 3 aromatic heterocycles. The van der Waals surface area contributed by atoms with E-state index >= 15 is 0 Å². The number of carboxylic acids is 1. The number of hydrogen-bond acceptors (Lipinski definition) is 12. The molecule has 2 saturated heterocycles. The zero-order valence-corrected chi connectivity index (χ0v) is 25.0. The van der Waals surface area contributed by atoms with Gasteiger partial charge in [-0.3, -0.25) is 14.5 Å². The van der Waals surface area contributed by atoms with Gasteiger partial charge >= 0.3 is 5.97 Å². The Morgan fingerprint density at radius 1 is 1.16 bits per heavy atom. The van der Waals surface area contributed by atoms with E-state index < -0.39 is 18.1 Å². The molecule has 1 amide bonds. The van der Waals surface area contributed by atoms with Crippen LogP contribution in [0.5, 0.6) is 0 Å². The van der Waals surface area contributed by atoms with Crippen molar-refractivity contribution in [3.63, 3.8) is 0 Å². The van der Waals surface area contributed by atoms with Crippen molar-refractivity contribution in [3.05, 3.63) is 40.7 Å². The number of rotatable bonds is 8. The van der Waals surface area contributed by atoms with Crippen molar-refractivity contribution in [1.29, 1.82) is 5.26 Å². The van der Waals surface area contributed by atoms with E-state index in [0.29, 0.717) is 56.7 Å². The molecule has 4 aromatic rings. The number of carboxylic acid groups (broad SMARTS) is 1. The highest BCUT2D eigenvalue weighted by Gasteiger charge is 2.37. The Morgan fingerprint density at radius 2 is 1.91 bits per heavy atom. The number of nitriles is 1. The molecular formula is C27H28FN9O4S2. The second-order valence-electron chi connectivity index (χ2n) is 10.4. The first-order valence-electron chi connectivity index (χ1n) is 13.6. The fraction of sp³-hybridized carbons (Fsp3) is 0.407. The van der Waals surface area contributed by atoms with Crippen molar-refractivity contribution in [3.8, 4) is 17.3 Å². The van der Waals surface area contributed by atoms with Gasteiger partial charge in [-0.1, -0.05) is 29.6 Å². The molecule has 2 aliphatic heterocycles. The van der Waals surface area contributed by atoms with E-state index in [1.165, 1.54) is 39.7 Å².